The first-order chi connectivity index (χ1) is 16.1. The van der Waals surface area contributed by atoms with Crippen LogP contribution in [0.15, 0.2) is 67.0 Å². The summed E-state index contributed by atoms with van der Waals surface area (Å²) in [7, 11) is 0. The Hall–Kier alpha value is -4.44. The van der Waals surface area contributed by atoms with E-state index in [9.17, 15) is 19.6 Å². The van der Waals surface area contributed by atoms with Gasteiger partial charge in [0.2, 0.25) is 0 Å². The van der Waals surface area contributed by atoms with Gasteiger partial charge in [0.25, 0.3) is 5.91 Å². The number of aromatic nitrogens is 2. The monoisotopic (exact) mass is 438 g/mol. The molecule has 0 radical (unpaired) electrons. The molecule has 1 aliphatic rings. The van der Waals surface area contributed by atoms with Crippen molar-refractivity contribution in [1.29, 1.82) is 5.26 Å². The Labute approximate surface area is 189 Å². The Morgan fingerprint density at radius 1 is 1.09 bits per heavy atom. The van der Waals surface area contributed by atoms with Crippen LogP contribution in [0.2, 0.25) is 0 Å². The molecule has 6 nitrogen and oxygen atoms in total. The van der Waals surface area contributed by atoms with Gasteiger partial charge >= 0.3 is 0 Å². The van der Waals surface area contributed by atoms with Gasteiger partial charge in [0.15, 0.2) is 0 Å². The van der Waals surface area contributed by atoms with Gasteiger partial charge in [-0.05, 0) is 47.5 Å². The first-order valence-electron chi connectivity index (χ1n) is 10.5. The van der Waals surface area contributed by atoms with Crippen molar-refractivity contribution in [3.63, 3.8) is 0 Å². The highest BCUT2D eigenvalue weighted by Crippen LogP contribution is 2.41. The summed E-state index contributed by atoms with van der Waals surface area (Å²) in [5.41, 5.74) is 5.29. The minimum atomic E-state index is -0.473. The van der Waals surface area contributed by atoms with Gasteiger partial charge in [-0.15, -0.1) is 0 Å². The molecule has 2 N–H and O–H groups in total. The summed E-state index contributed by atoms with van der Waals surface area (Å²) in [6, 6.07) is 16.8. The van der Waals surface area contributed by atoms with Crippen LogP contribution in [0.3, 0.4) is 0 Å². The van der Waals surface area contributed by atoms with Crippen LogP contribution >= 0.6 is 0 Å². The fourth-order valence-electron chi connectivity index (χ4n) is 4.44. The summed E-state index contributed by atoms with van der Waals surface area (Å²) in [6.45, 7) is 0.773. The second-order valence-electron chi connectivity index (χ2n) is 7.84. The predicted octanol–water partition coefficient (Wildman–Crippen LogP) is 4.27. The molecule has 5 rings (SSSR count). The maximum Gasteiger partial charge on any atom is 0.253 e. The lowest BCUT2D eigenvalue weighted by molar-refractivity contribution is 0.0946. The second-order valence-corrected chi connectivity index (χ2v) is 7.84. The number of nitrogens with zero attached hydrogens (tertiary/aromatic N) is 3. The fraction of sp³-hybridized carbons (Fsp3) is 0.115. The summed E-state index contributed by atoms with van der Waals surface area (Å²) in [6.07, 6.45) is 3.95. The molecule has 162 valence electrons. The highest BCUT2D eigenvalue weighted by Gasteiger charge is 2.31. The van der Waals surface area contributed by atoms with E-state index in [1.54, 1.807) is 36.7 Å². The minimum absolute atomic E-state index is 0.0937. The zero-order valence-electron chi connectivity index (χ0n) is 17.5. The molecule has 0 bridgehead atoms. The van der Waals surface area contributed by atoms with Gasteiger partial charge in [0.1, 0.15) is 11.6 Å². The molecular weight excluding hydrogens is 419 g/mol. The molecule has 1 amide bonds. The van der Waals surface area contributed by atoms with E-state index in [0.29, 0.717) is 35.2 Å². The van der Waals surface area contributed by atoms with Gasteiger partial charge in [-0.1, -0.05) is 18.2 Å². The van der Waals surface area contributed by atoms with Gasteiger partial charge < -0.3 is 15.0 Å². The standard InChI is InChI=1S/C26H19FN4O2/c27-20-5-4-18(19(12-20)14-28)15-31-22-8-11-30-26(33)24(22)23(17-2-1-3-21(32)13-17)25(31)16-6-9-29-10-7-16/h1-7,9-10,12-13,32H,8,11,15H2,(H,30,33). The normalized spacial score (nSPS) is 12.7. The van der Waals surface area contributed by atoms with Gasteiger partial charge in [-0.2, -0.15) is 5.26 Å². The number of nitrogens with one attached hydrogen (secondary N) is 1. The number of benzene rings is 2. The lowest BCUT2D eigenvalue weighted by Gasteiger charge is -2.18. The van der Waals surface area contributed by atoms with E-state index in [1.165, 1.54) is 12.1 Å². The Bertz CT molecular complexity index is 1420. The first-order valence-corrected chi connectivity index (χ1v) is 10.5. The number of carbonyl (C=O) groups excluding carboxylic acids is 1. The van der Waals surface area contributed by atoms with Gasteiger partial charge in [-0.25, -0.2) is 4.39 Å². The quantitative estimate of drug-likeness (QED) is 0.498. The zero-order valence-corrected chi connectivity index (χ0v) is 17.5. The number of fused-ring (bicyclic) bond motifs is 1. The Morgan fingerprint density at radius 2 is 1.91 bits per heavy atom. The largest absolute Gasteiger partial charge is 0.508 e. The SMILES string of the molecule is N#Cc1cc(F)ccc1Cn1c2c(c(-c3cccc(O)c3)c1-c1ccncc1)C(=O)NCC2. The molecule has 0 spiro atoms. The third-order valence-electron chi connectivity index (χ3n) is 5.85. The molecule has 0 fully saturated rings. The lowest BCUT2D eigenvalue weighted by Crippen LogP contribution is -2.32. The van der Waals surface area contributed by atoms with Crippen LogP contribution in [-0.2, 0) is 13.0 Å². The molecule has 2 aromatic heterocycles. The minimum Gasteiger partial charge on any atom is -0.508 e. The number of halogens is 1. The number of pyridine rings is 1. The highest BCUT2D eigenvalue weighted by molar-refractivity contribution is 6.07. The number of rotatable bonds is 4. The number of phenols is 1. The Morgan fingerprint density at radius 3 is 2.67 bits per heavy atom. The number of nitriles is 1. The molecule has 0 unspecified atom stereocenters. The molecule has 0 aliphatic carbocycles. The summed E-state index contributed by atoms with van der Waals surface area (Å²) in [4.78, 5) is 17.2. The molecule has 3 heterocycles. The van der Waals surface area contributed by atoms with Crippen LogP contribution in [0.5, 0.6) is 5.75 Å². The van der Waals surface area contributed by atoms with E-state index >= 15 is 0 Å². The van der Waals surface area contributed by atoms with Crippen LogP contribution in [0.1, 0.15) is 27.2 Å². The third-order valence-corrected chi connectivity index (χ3v) is 5.85. The Kier molecular flexibility index (Phi) is 5.11. The second kappa shape index (κ2) is 8.24. The van der Waals surface area contributed by atoms with E-state index in [1.807, 2.05) is 22.8 Å². The first kappa shape index (κ1) is 20.5. The topological polar surface area (TPSA) is 90.9 Å². The van der Waals surface area contributed by atoms with E-state index < -0.39 is 5.82 Å². The number of hydrogen-bond acceptors (Lipinski definition) is 4. The van der Waals surface area contributed by atoms with Crippen LogP contribution in [0, 0.1) is 17.1 Å². The van der Waals surface area contributed by atoms with Crippen molar-refractivity contribution in [2.45, 2.75) is 13.0 Å². The van der Waals surface area contributed by atoms with Gasteiger partial charge in [0, 0.05) is 48.7 Å². The van der Waals surface area contributed by atoms with Crippen LogP contribution < -0.4 is 5.32 Å². The van der Waals surface area contributed by atoms with E-state index in [0.717, 1.165) is 17.0 Å². The van der Waals surface area contributed by atoms with Gasteiger partial charge in [-0.3, -0.25) is 9.78 Å². The molecule has 0 saturated heterocycles. The molecule has 1 aliphatic heterocycles. The van der Waals surface area contributed by atoms with Gasteiger partial charge in [0.05, 0.1) is 22.9 Å². The number of carbonyl (C=O) groups is 1. The van der Waals surface area contributed by atoms with Crippen molar-refractivity contribution in [1.82, 2.24) is 14.9 Å². The van der Waals surface area contributed by atoms with Crippen molar-refractivity contribution in [2.75, 3.05) is 6.54 Å². The summed E-state index contributed by atoms with van der Waals surface area (Å²) >= 11 is 0. The molecule has 33 heavy (non-hydrogen) atoms. The summed E-state index contributed by atoms with van der Waals surface area (Å²) in [5.74, 6) is -0.571. The zero-order chi connectivity index (χ0) is 22.9. The van der Waals surface area contributed by atoms with E-state index in [2.05, 4.69) is 16.4 Å². The highest BCUT2D eigenvalue weighted by atomic mass is 19.1. The van der Waals surface area contributed by atoms with Crippen molar-refractivity contribution in [3.8, 4) is 34.2 Å². The molecular formula is C26H19FN4O2. The van der Waals surface area contributed by atoms with Crippen molar-refractivity contribution in [3.05, 3.63) is 95.2 Å². The molecule has 0 saturated carbocycles. The molecule has 7 heteroatoms. The van der Waals surface area contributed by atoms with E-state index in [-0.39, 0.29) is 23.8 Å². The van der Waals surface area contributed by atoms with E-state index in [4.69, 9.17) is 0 Å². The molecule has 0 atom stereocenters. The average Bonchev–Trinajstić information content (AvgIpc) is 3.16. The van der Waals surface area contributed by atoms with Crippen LogP contribution in [0.25, 0.3) is 22.4 Å². The molecule has 4 aromatic rings. The average molecular weight is 438 g/mol. The number of aromatic hydroxyl groups is 1. The number of hydrogen-bond donors (Lipinski definition) is 2. The van der Waals surface area contributed by atoms with Crippen molar-refractivity contribution < 1.29 is 14.3 Å². The van der Waals surface area contributed by atoms with Crippen molar-refractivity contribution in [2.24, 2.45) is 0 Å². The Balaban J connectivity index is 1.83. The maximum atomic E-state index is 13.8. The van der Waals surface area contributed by atoms with Crippen LogP contribution in [0.4, 0.5) is 4.39 Å². The molecule has 2 aromatic carbocycles. The third kappa shape index (κ3) is 3.62. The van der Waals surface area contributed by atoms with Crippen LogP contribution in [-0.4, -0.2) is 27.1 Å². The maximum absolute atomic E-state index is 13.8. The number of phenolic OH excluding ortho intramolecular Hbond substituents is 1. The summed E-state index contributed by atoms with van der Waals surface area (Å²) < 4.78 is 15.8. The van der Waals surface area contributed by atoms with Crippen molar-refractivity contribution >= 4 is 5.91 Å². The fourth-order valence-corrected chi connectivity index (χ4v) is 4.44. The lowest BCUT2D eigenvalue weighted by atomic mass is 9.95. The smallest absolute Gasteiger partial charge is 0.253 e. The summed E-state index contributed by atoms with van der Waals surface area (Å²) in [5, 5.41) is 22.6. The predicted molar refractivity (Wildman–Crippen MR) is 121 cm³/mol. The number of amides is 1.